The molecular formula is C15H14N6O2S2. The molecule has 2 aromatic heterocycles. The zero-order chi connectivity index (χ0) is 17.5. The quantitative estimate of drug-likeness (QED) is 0.656. The minimum Gasteiger partial charge on any atom is -0.301 e. The van der Waals surface area contributed by atoms with E-state index in [0.29, 0.717) is 16.7 Å². The second-order valence-electron chi connectivity index (χ2n) is 5.12. The molecule has 0 aliphatic carbocycles. The summed E-state index contributed by atoms with van der Waals surface area (Å²) in [4.78, 5) is 24.8. The van der Waals surface area contributed by atoms with Crippen LogP contribution in [0.5, 0.6) is 0 Å². The van der Waals surface area contributed by atoms with Gasteiger partial charge in [-0.2, -0.15) is 0 Å². The normalized spacial score (nSPS) is 11.7. The highest BCUT2D eigenvalue weighted by Gasteiger charge is 2.23. The molecule has 8 nitrogen and oxygen atoms in total. The lowest BCUT2D eigenvalue weighted by atomic mass is 9.95. The lowest BCUT2D eigenvalue weighted by Crippen LogP contribution is -2.29. The third-order valence-electron chi connectivity index (χ3n) is 3.32. The van der Waals surface area contributed by atoms with Crippen LogP contribution in [0.4, 0.5) is 10.3 Å². The number of nitrogens with zero attached hydrogens (tertiary/aromatic N) is 4. The number of nitrogens with one attached hydrogen (secondary N) is 2. The number of benzene rings is 1. The van der Waals surface area contributed by atoms with Gasteiger partial charge in [0.1, 0.15) is 11.0 Å². The van der Waals surface area contributed by atoms with Crippen molar-refractivity contribution in [1.29, 1.82) is 0 Å². The summed E-state index contributed by atoms with van der Waals surface area (Å²) in [7, 11) is 0. The van der Waals surface area contributed by atoms with Crippen molar-refractivity contribution in [2.24, 2.45) is 5.92 Å². The first kappa shape index (κ1) is 17.1. The molecule has 0 saturated carbocycles. The van der Waals surface area contributed by atoms with E-state index in [-0.39, 0.29) is 18.2 Å². The number of rotatable bonds is 7. The average Bonchev–Trinajstić information content (AvgIpc) is 3.29. The Morgan fingerprint density at radius 3 is 2.20 bits per heavy atom. The van der Waals surface area contributed by atoms with Crippen molar-refractivity contribution >= 4 is 44.8 Å². The first-order chi connectivity index (χ1) is 12.2. The maximum atomic E-state index is 12.6. The van der Waals surface area contributed by atoms with Crippen LogP contribution < -0.4 is 10.6 Å². The first-order valence-corrected chi connectivity index (χ1v) is 9.13. The predicted molar refractivity (Wildman–Crippen MR) is 95.3 cm³/mol. The van der Waals surface area contributed by atoms with Gasteiger partial charge < -0.3 is 10.6 Å². The lowest BCUT2D eigenvalue weighted by molar-refractivity contribution is -0.124. The van der Waals surface area contributed by atoms with Crippen LogP contribution in [0.15, 0.2) is 41.4 Å². The fraction of sp³-hybridized carbons (Fsp3) is 0.200. The standard InChI is InChI=1S/C15H14N6O2S2/c22-12(18-14-20-16-8-24-14)7-11(6-10-4-2-1-3-5-10)13(23)19-15-21-17-9-25-15/h1-5,8-9,11H,6-7H2,(H,18,20,22)(H,19,21,23)/t11-/m1/s1. The van der Waals surface area contributed by atoms with Gasteiger partial charge in [-0.25, -0.2) is 0 Å². The summed E-state index contributed by atoms with van der Waals surface area (Å²) < 4.78 is 0. The van der Waals surface area contributed by atoms with Crippen LogP contribution >= 0.6 is 22.7 Å². The summed E-state index contributed by atoms with van der Waals surface area (Å²) in [5, 5.41) is 21.1. The van der Waals surface area contributed by atoms with Gasteiger partial charge in [-0.05, 0) is 12.0 Å². The van der Waals surface area contributed by atoms with Gasteiger partial charge in [0.05, 0.1) is 5.92 Å². The van der Waals surface area contributed by atoms with Crippen LogP contribution in [0.3, 0.4) is 0 Å². The fourth-order valence-electron chi connectivity index (χ4n) is 2.21. The molecule has 2 N–H and O–H groups in total. The topological polar surface area (TPSA) is 110 Å². The third kappa shape index (κ3) is 5.13. The van der Waals surface area contributed by atoms with E-state index in [1.54, 1.807) is 0 Å². The molecule has 0 aliphatic heterocycles. The van der Waals surface area contributed by atoms with Gasteiger partial charge in [-0.3, -0.25) is 9.59 Å². The molecule has 0 saturated heterocycles. The average molecular weight is 374 g/mol. The van der Waals surface area contributed by atoms with Gasteiger partial charge in [-0.15, -0.1) is 20.4 Å². The summed E-state index contributed by atoms with van der Waals surface area (Å²) >= 11 is 2.45. The molecule has 0 spiro atoms. The third-order valence-corrected chi connectivity index (χ3v) is 4.54. The highest BCUT2D eigenvalue weighted by molar-refractivity contribution is 7.13. The second-order valence-corrected chi connectivity index (χ2v) is 6.78. The Balaban J connectivity index is 1.68. The van der Waals surface area contributed by atoms with Gasteiger partial charge in [0.15, 0.2) is 0 Å². The Morgan fingerprint density at radius 1 is 0.960 bits per heavy atom. The summed E-state index contributed by atoms with van der Waals surface area (Å²) in [6.45, 7) is 0. The predicted octanol–water partition coefficient (Wildman–Crippen LogP) is 2.22. The molecule has 0 bridgehead atoms. The van der Waals surface area contributed by atoms with Gasteiger partial charge >= 0.3 is 0 Å². The minimum atomic E-state index is -0.542. The zero-order valence-electron chi connectivity index (χ0n) is 13.0. The Bertz CT molecular complexity index is 808. The Morgan fingerprint density at radius 2 is 1.60 bits per heavy atom. The Kier molecular flexibility index (Phi) is 5.75. The van der Waals surface area contributed by atoms with Crippen LogP contribution in [0.25, 0.3) is 0 Å². The molecule has 3 aromatic rings. The molecule has 10 heteroatoms. The van der Waals surface area contributed by atoms with Crippen molar-refractivity contribution in [3.8, 4) is 0 Å². The highest BCUT2D eigenvalue weighted by Crippen LogP contribution is 2.18. The van der Waals surface area contributed by atoms with Crippen LogP contribution in [0, 0.1) is 5.92 Å². The molecule has 25 heavy (non-hydrogen) atoms. The number of carbonyl (C=O) groups excluding carboxylic acids is 2. The van der Waals surface area contributed by atoms with Gasteiger partial charge in [0, 0.05) is 6.42 Å². The van der Waals surface area contributed by atoms with Crippen LogP contribution in [-0.2, 0) is 16.0 Å². The second kappa shape index (κ2) is 8.40. The SMILES string of the molecule is O=C(C[C@@H](Cc1ccccc1)C(=O)Nc1nncs1)Nc1nncs1. The van der Waals surface area contributed by atoms with Crippen molar-refractivity contribution in [2.45, 2.75) is 12.8 Å². The Labute approximate surface area is 151 Å². The molecular weight excluding hydrogens is 360 g/mol. The maximum Gasteiger partial charge on any atom is 0.230 e. The van der Waals surface area contributed by atoms with Crippen molar-refractivity contribution in [2.75, 3.05) is 10.6 Å². The van der Waals surface area contributed by atoms with Gasteiger partial charge in [-0.1, -0.05) is 53.0 Å². The van der Waals surface area contributed by atoms with E-state index in [2.05, 4.69) is 31.0 Å². The smallest absolute Gasteiger partial charge is 0.230 e. The number of hydrogen-bond acceptors (Lipinski definition) is 8. The zero-order valence-corrected chi connectivity index (χ0v) is 14.6. The number of carbonyl (C=O) groups is 2. The summed E-state index contributed by atoms with van der Waals surface area (Å²) in [6.07, 6.45) is 0.466. The molecule has 3 rings (SSSR count). The van der Waals surface area contributed by atoms with Crippen LogP contribution in [-0.4, -0.2) is 32.2 Å². The molecule has 1 atom stereocenters. The lowest BCUT2D eigenvalue weighted by Gasteiger charge is -2.15. The monoisotopic (exact) mass is 374 g/mol. The number of aromatic nitrogens is 4. The highest BCUT2D eigenvalue weighted by atomic mass is 32.1. The summed E-state index contributed by atoms with van der Waals surface area (Å²) in [6, 6.07) is 9.55. The molecule has 1 aromatic carbocycles. The maximum absolute atomic E-state index is 12.6. The molecule has 2 amide bonds. The van der Waals surface area contributed by atoms with E-state index in [1.807, 2.05) is 30.3 Å². The van der Waals surface area contributed by atoms with E-state index in [9.17, 15) is 9.59 Å². The summed E-state index contributed by atoms with van der Waals surface area (Å²) in [5.41, 5.74) is 4.03. The van der Waals surface area contributed by atoms with E-state index in [4.69, 9.17) is 0 Å². The van der Waals surface area contributed by atoms with E-state index >= 15 is 0 Å². The number of amides is 2. The largest absolute Gasteiger partial charge is 0.301 e. The Hall–Kier alpha value is -2.72. The molecule has 2 heterocycles. The fourth-order valence-corrected chi connectivity index (χ4v) is 3.12. The van der Waals surface area contributed by atoms with Crippen LogP contribution in [0.2, 0.25) is 0 Å². The van der Waals surface area contributed by atoms with Gasteiger partial charge in [0.2, 0.25) is 22.1 Å². The van der Waals surface area contributed by atoms with Gasteiger partial charge in [0.25, 0.3) is 0 Å². The van der Waals surface area contributed by atoms with Crippen LogP contribution in [0.1, 0.15) is 12.0 Å². The first-order valence-electron chi connectivity index (χ1n) is 7.37. The minimum absolute atomic E-state index is 0.0269. The van der Waals surface area contributed by atoms with E-state index in [1.165, 1.54) is 33.7 Å². The van der Waals surface area contributed by atoms with Crippen molar-refractivity contribution in [3.63, 3.8) is 0 Å². The summed E-state index contributed by atoms with van der Waals surface area (Å²) in [5.74, 6) is -1.10. The number of anilines is 2. The van der Waals surface area contributed by atoms with Crippen molar-refractivity contribution < 1.29 is 9.59 Å². The van der Waals surface area contributed by atoms with Crippen molar-refractivity contribution in [1.82, 2.24) is 20.4 Å². The molecule has 0 radical (unpaired) electrons. The number of hydrogen-bond donors (Lipinski definition) is 2. The molecule has 0 unspecified atom stereocenters. The van der Waals surface area contributed by atoms with E-state index in [0.717, 1.165) is 5.56 Å². The molecule has 0 aliphatic rings. The van der Waals surface area contributed by atoms with Crippen molar-refractivity contribution in [3.05, 3.63) is 46.9 Å². The molecule has 0 fully saturated rings. The molecule has 128 valence electrons. The van der Waals surface area contributed by atoms with E-state index < -0.39 is 5.92 Å².